The Labute approximate surface area is 159 Å². The number of rotatable bonds is 7. The number of carbonyl (C=O) groups excluding carboxylic acids is 2. The Kier molecular flexibility index (Phi) is 7.05. The molecule has 0 spiro atoms. The number of benzene rings is 1. The maximum absolute atomic E-state index is 13.1. The number of methoxy groups -OCH3 is 4. The molecule has 0 bridgehead atoms. The van der Waals surface area contributed by atoms with Crippen LogP contribution >= 0.6 is 0 Å². The van der Waals surface area contributed by atoms with Crippen LogP contribution in [-0.4, -0.2) is 40.2 Å². The number of hydrogen-bond acceptors (Lipinski definition) is 6. The monoisotopic (exact) mass is 374 g/mol. The van der Waals surface area contributed by atoms with Crippen molar-refractivity contribution >= 4 is 17.8 Å². The first-order valence-corrected chi connectivity index (χ1v) is 8.80. The SMILES string of the molecule is COC(=O)/C(=C\c1c(OC)cc(OC)cc1OC)C(=O)C1=C(C)CCCC1. The molecule has 27 heavy (non-hydrogen) atoms. The molecule has 0 heterocycles. The van der Waals surface area contributed by atoms with Crippen molar-refractivity contribution in [2.24, 2.45) is 0 Å². The zero-order valence-corrected chi connectivity index (χ0v) is 16.5. The quantitative estimate of drug-likeness (QED) is 0.313. The maximum Gasteiger partial charge on any atom is 0.341 e. The first-order valence-electron chi connectivity index (χ1n) is 8.80. The van der Waals surface area contributed by atoms with Crippen LogP contribution in [0.4, 0.5) is 0 Å². The van der Waals surface area contributed by atoms with Gasteiger partial charge in [-0.25, -0.2) is 4.79 Å². The van der Waals surface area contributed by atoms with Crippen molar-refractivity contribution in [2.45, 2.75) is 32.6 Å². The Balaban J connectivity index is 2.62. The van der Waals surface area contributed by atoms with Crippen molar-refractivity contribution in [3.8, 4) is 17.2 Å². The van der Waals surface area contributed by atoms with Crippen LogP contribution in [-0.2, 0) is 14.3 Å². The topological polar surface area (TPSA) is 71.1 Å². The molecule has 0 N–H and O–H groups in total. The number of esters is 1. The summed E-state index contributed by atoms with van der Waals surface area (Å²) in [6.07, 6.45) is 4.99. The van der Waals surface area contributed by atoms with E-state index in [1.54, 1.807) is 12.1 Å². The highest BCUT2D eigenvalue weighted by atomic mass is 16.5. The van der Waals surface area contributed by atoms with Gasteiger partial charge in [0.2, 0.25) is 0 Å². The van der Waals surface area contributed by atoms with E-state index in [2.05, 4.69) is 0 Å². The van der Waals surface area contributed by atoms with Gasteiger partial charge in [0.1, 0.15) is 22.8 Å². The predicted molar refractivity (Wildman–Crippen MR) is 102 cm³/mol. The van der Waals surface area contributed by atoms with Gasteiger partial charge in [0, 0.05) is 12.1 Å². The molecular formula is C21H26O6. The molecule has 0 aromatic heterocycles. The molecular weight excluding hydrogens is 348 g/mol. The summed E-state index contributed by atoms with van der Waals surface area (Å²) in [5.41, 5.74) is 2.14. The van der Waals surface area contributed by atoms with Crippen LogP contribution in [0.15, 0.2) is 28.9 Å². The minimum Gasteiger partial charge on any atom is -0.496 e. The van der Waals surface area contributed by atoms with E-state index >= 15 is 0 Å². The number of hydrogen-bond donors (Lipinski definition) is 0. The summed E-state index contributed by atoms with van der Waals surface area (Å²) in [7, 11) is 5.79. The second kappa shape index (κ2) is 9.26. The fourth-order valence-electron chi connectivity index (χ4n) is 3.17. The standard InChI is InChI=1S/C21H26O6/c1-13-8-6-7-9-15(13)20(22)17(21(23)27-5)12-16-18(25-3)10-14(24-2)11-19(16)26-4/h10-12H,6-9H2,1-5H3/b17-12-. The van der Waals surface area contributed by atoms with E-state index in [-0.39, 0.29) is 11.4 Å². The van der Waals surface area contributed by atoms with Crippen LogP contribution in [0.25, 0.3) is 6.08 Å². The molecule has 0 unspecified atom stereocenters. The third-order valence-electron chi connectivity index (χ3n) is 4.71. The average molecular weight is 374 g/mol. The molecule has 0 saturated carbocycles. The summed E-state index contributed by atoms with van der Waals surface area (Å²) >= 11 is 0. The number of allylic oxidation sites excluding steroid dienone is 2. The van der Waals surface area contributed by atoms with Crippen molar-refractivity contribution < 1.29 is 28.5 Å². The van der Waals surface area contributed by atoms with E-state index < -0.39 is 5.97 Å². The smallest absolute Gasteiger partial charge is 0.341 e. The fraction of sp³-hybridized carbons (Fsp3) is 0.429. The summed E-state index contributed by atoms with van der Waals surface area (Å²) in [4.78, 5) is 25.5. The molecule has 2 rings (SSSR count). The first-order chi connectivity index (χ1) is 13.0. The van der Waals surface area contributed by atoms with Gasteiger partial charge in [0.15, 0.2) is 5.78 Å². The number of ketones is 1. The predicted octanol–water partition coefficient (Wildman–Crippen LogP) is 3.73. The molecule has 1 aliphatic rings. The lowest BCUT2D eigenvalue weighted by Gasteiger charge is -2.18. The Morgan fingerprint density at radius 2 is 1.52 bits per heavy atom. The largest absolute Gasteiger partial charge is 0.496 e. The summed E-state index contributed by atoms with van der Waals surface area (Å²) < 4.78 is 20.9. The molecule has 146 valence electrons. The maximum atomic E-state index is 13.1. The van der Waals surface area contributed by atoms with Crippen molar-refractivity contribution in [1.82, 2.24) is 0 Å². The Morgan fingerprint density at radius 1 is 0.926 bits per heavy atom. The number of Topliss-reactive ketones (excluding diaryl/α,β-unsaturated/α-hetero) is 1. The summed E-state index contributed by atoms with van der Waals surface area (Å²) in [5.74, 6) is 0.395. The lowest BCUT2D eigenvalue weighted by atomic mass is 9.87. The highest BCUT2D eigenvalue weighted by Crippen LogP contribution is 2.36. The van der Waals surface area contributed by atoms with Crippen molar-refractivity contribution in [3.63, 3.8) is 0 Å². The van der Waals surface area contributed by atoms with Gasteiger partial charge in [-0.2, -0.15) is 0 Å². The molecule has 0 saturated heterocycles. The molecule has 6 nitrogen and oxygen atoms in total. The van der Waals surface area contributed by atoms with Crippen molar-refractivity contribution in [1.29, 1.82) is 0 Å². The lowest BCUT2D eigenvalue weighted by Crippen LogP contribution is -2.18. The normalized spacial score (nSPS) is 14.6. The molecule has 0 fully saturated rings. The highest BCUT2D eigenvalue weighted by molar-refractivity contribution is 6.27. The zero-order valence-electron chi connectivity index (χ0n) is 16.5. The Hall–Kier alpha value is -2.76. The van der Waals surface area contributed by atoms with Gasteiger partial charge in [-0.3, -0.25) is 4.79 Å². The summed E-state index contributed by atoms with van der Waals surface area (Å²) in [6, 6.07) is 3.33. The van der Waals surface area contributed by atoms with Gasteiger partial charge < -0.3 is 18.9 Å². The second-order valence-electron chi connectivity index (χ2n) is 6.29. The third kappa shape index (κ3) is 4.51. The number of carbonyl (C=O) groups is 2. The molecule has 1 aromatic rings. The molecule has 0 amide bonds. The van der Waals surface area contributed by atoms with Crippen LogP contribution in [0, 0.1) is 0 Å². The molecule has 0 aliphatic heterocycles. The zero-order chi connectivity index (χ0) is 20.0. The number of ether oxygens (including phenoxy) is 4. The van der Waals surface area contributed by atoms with Gasteiger partial charge in [-0.05, 0) is 44.3 Å². The van der Waals surface area contributed by atoms with Crippen LogP contribution in [0.3, 0.4) is 0 Å². The molecule has 1 aliphatic carbocycles. The van der Waals surface area contributed by atoms with Gasteiger partial charge in [0.25, 0.3) is 0 Å². The van der Waals surface area contributed by atoms with Gasteiger partial charge >= 0.3 is 5.97 Å². The second-order valence-corrected chi connectivity index (χ2v) is 6.29. The van der Waals surface area contributed by atoms with Crippen LogP contribution in [0.1, 0.15) is 38.2 Å². The van der Waals surface area contributed by atoms with Crippen molar-refractivity contribution in [3.05, 3.63) is 34.4 Å². The minimum absolute atomic E-state index is 0.0458. The van der Waals surface area contributed by atoms with Crippen LogP contribution < -0.4 is 14.2 Å². The van der Waals surface area contributed by atoms with E-state index in [4.69, 9.17) is 18.9 Å². The molecule has 0 radical (unpaired) electrons. The van der Waals surface area contributed by atoms with E-state index in [1.165, 1.54) is 34.5 Å². The first kappa shape index (κ1) is 20.6. The van der Waals surface area contributed by atoms with Gasteiger partial charge in [-0.1, -0.05) is 5.57 Å². The molecule has 1 aromatic carbocycles. The summed E-state index contributed by atoms with van der Waals surface area (Å²) in [5, 5.41) is 0. The van der Waals surface area contributed by atoms with E-state index in [9.17, 15) is 9.59 Å². The Morgan fingerprint density at radius 3 is 2.00 bits per heavy atom. The van der Waals surface area contributed by atoms with Gasteiger partial charge in [-0.15, -0.1) is 0 Å². The van der Waals surface area contributed by atoms with E-state index in [1.807, 2.05) is 6.92 Å². The van der Waals surface area contributed by atoms with Gasteiger partial charge in [0.05, 0.1) is 34.0 Å². The van der Waals surface area contributed by atoms with E-state index in [0.29, 0.717) is 34.8 Å². The average Bonchev–Trinajstić information content (AvgIpc) is 2.70. The fourth-order valence-corrected chi connectivity index (χ4v) is 3.17. The molecule has 6 heteroatoms. The minimum atomic E-state index is -0.689. The summed E-state index contributed by atoms with van der Waals surface area (Å²) in [6.45, 7) is 1.94. The van der Waals surface area contributed by atoms with E-state index in [0.717, 1.165) is 24.8 Å². The Bertz CT molecular complexity index is 763. The van der Waals surface area contributed by atoms with Crippen molar-refractivity contribution in [2.75, 3.05) is 28.4 Å². The third-order valence-corrected chi connectivity index (χ3v) is 4.71. The highest BCUT2D eigenvalue weighted by Gasteiger charge is 2.26. The van der Waals surface area contributed by atoms with Crippen LogP contribution in [0.5, 0.6) is 17.2 Å². The van der Waals surface area contributed by atoms with Crippen LogP contribution in [0.2, 0.25) is 0 Å². The molecule has 0 atom stereocenters. The lowest BCUT2D eigenvalue weighted by molar-refractivity contribution is -0.137.